The topological polar surface area (TPSA) is 84.5 Å². The summed E-state index contributed by atoms with van der Waals surface area (Å²) >= 11 is 0. The first-order valence-electron chi connectivity index (χ1n) is 8.43. The van der Waals surface area contributed by atoms with Gasteiger partial charge in [-0.15, -0.1) is 0 Å². The summed E-state index contributed by atoms with van der Waals surface area (Å²) in [5, 5.41) is 3.13. The molecule has 0 saturated carbocycles. The van der Waals surface area contributed by atoms with Gasteiger partial charge in [0.05, 0.1) is 18.4 Å². The Morgan fingerprint density at radius 2 is 1.81 bits per heavy atom. The molecule has 7 heteroatoms. The molecule has 26 heavy (non-hydrogen) atoms. The van der Waals surface area contributed by atoms with Crippen molar-refractivity contribution in [1.29, 1.82) is 0 Å². The van der Waals surface area contributed by atoms with Gasteiger partial charge in [-0.25, -0.2) is 13.2 Å². The number of methoxy groups -OCH3 is 1. The highest BCUT2D eigenvalue weighted by Gasteiger charge is 2.21. The van der Waals surface area contributed by atoms with Crippen LogP contribution in [0.1, 0.15) is 35.7 Å². The SMILES string of the molecule is CCCCNc1ccc(C(=O)OC)cc1S(=O)(=O)Nc1ccc(C)cc1. The van der Waals surface area contributed by atoms with Gasteiger partial charge in [0.2, 0.25) is 0 Å². The Morgan fingerprint density at radius 1 is 1.12 bits per heavy atom. The van der Waals surface area contributed by atoms with Crippen LogP contribution in [0.3, 0.4) is 0 Å². The number of aryl methyl sites for hydroxylation is 1. The monoisotopic (exact) mass is 376 g/mol. The van der Waals surface area contributed by atoms with E-state index in [-0.39, 0.29) is 10.5 Å². The second-order valence-electron chi connectivity index (χ2n) is 5.95. The van der Waals surface area contributed by atoms with Crippen LogP contribution in [-0.4, -0.2) is 28.0 Å². The molecule has 0 aliphatic heterocycles. The predicted molar refractivity (Wildman–Crippen MR) is 103 cm³/mol. The summed E-state index contributed by atoms with van der Waals surface area (Å²) in [5.74, 6) is -0.586. The highest BCUT2D eigenvalue weighted by atomic mass is 32.2. The molecule has 0 spiro atoms. The molecule has 0 atom stereocenters. The van der Waals surface area contributed by atoms with Crippen LogP contribution in [0.25, 0.3) is 0 Å². The number of unbranched alkanes of at least 4 members (excludes halogenated alkanes) is 1. The highest BCUT2D eigenvalue weighted by molar-refractivity contribution is 7.92. The van der Waals surface area contributed by atoms with Gasteiger partial charge in [-0.1, -0.05) is 31.0 Å². The Kier molecular flexibility index (Phi) is 6.63. The van der Waals surface area contributed by atoms with E-state index >= 15 is 0 Å². The van der Waals surface area contributed by atoms with Crippen LogP contribution in [0.4, 0.5) is 11.4 Å². The van der Waals surface area contributed by atoms with Crippen LogP contribution in [0, 0.1) is 6.92 Å². The number of anilines is 2. The van der Waals surface area contributed by atoms with E-state index in [0.29, 0.717) is 17.9 Å². The van der Waals surface area contributed by atoms with Crippen LogP contribution >= 0.6 is 0 Å². The fourth-order valence-corrected chi connectivity index (χ4v) is 3.64. The second-order valence-corrected chi connectivity index (χ2v) is 7.61. The Morgan fingerprint density at radius 3 is 2.42 bits per heavy atom. The number of ether oxygens (including phenoxy) is 1. The van der Waals surface area contributed by atoms with Gasteiger partial charge in [0.15, 0.2) is 0 Å². The van der Waals surface area contributed by atoms with Crippen LogP contribution in [-0.2, 0) is 14.8 Å². The molecule has 0 unspecified atom stereocenters. The van der Waals surface area contributed by atoms with Gasteiger partial charge in [0.25, 0.3) is 10.0 Å². The average molecular weight is 376 g/mol. The second kappa shape index (κ2) is 8.71. The van der Waals surface area contributed by atoms with Gasteiger partial charge in [-0.2, -0.15) is 0 Å². The number of benzene rings is 2. The lowest BCUT2D eigenvalue weighted by Crippen LogP contribution is -2.17. The van der Waals surface area contributed by atoms with E-state index < -0.39 is 16.0 Å². The van der Waals surface area contributed by atoms with Crippen molar-refractivity contribution in [3.63, 3.8) is 0 Å². The van der Waals surface area contributed by atoms with E-state index in [1.807, 2.05) is 19.1 Å². The summed E-state index contributed by atoms with van der Waals surface area (Å²) in [7, 11) is -2.62. The van der Waals surface area contributed by atoms with Crippen molar-refractivity contribution >= 4 is 27.4 Å². The summed E-state index contributed by atoms with van der Waals surface area (Å²) in [4.78, 5) is 11.8. The molecule has 2 aromatic rings. The van der Waals surface area contributed by atoms with E-state index in [0.717, 1.165) is 18.4 Å². The molecule has 2 aromatic carbocycles. The van der Waals surface area contributed by atoms with Gasteiger partial charge in [-0.3, -0.25) is 4.72 Å². The van der Waals surface area contributed by atoms with Crippen LogP contribution in [0.2, 0.25) is 0 Å². The molecule has 0 aromatic heterocycles. The van der Waals surface area contributed by atoms with E-state index in [2.05, 4.69) is 17.0 Å². The normalized spacial score (nSPS) is 11.0. The van der Waals surface area contributed by atoms with Crippen molar-refractivity contribution in [2.45, 2.75) is 31.6 Å². The van der Waals surface area contributed by atoms with Crippen LogP contribution in [0.5, 0.6) is 0 Å². The summed E-state index contributed by atoms with van der Waals surface area (Å²) in [5.41, 5.74) is 2.12. The third-order valence-electron chi connectivity index (χ3n) is 3.84. The van der Waals surface area contributed by atoms with Crippen molar-refractivity contribution in [1.82, 2.24) is 0 Å². The molecule has 0 amide bonds. The average Bonchev–Trinajstić information content (AvgIpc) is 2.63. The molecule has 0 heterocycles. The molecule has 0 aliphatic rings. The number of nitrogens with one attached hydrogen (secondary N) is 2. The van der Waals surface area contributed by atoms with Crippen molar-refractivity contribution in [3.05, 3.63) is 53.6 Å². The van der Waals surface area contributed by atoms with Gasteiger partial charge in [0, 0.05) is 12.2 Å². The lowest BCUT2D eigenvalue weighted by atomic mass is 10.2. The number of rotatable bonds is 8. The molecule has 0 aliphatic carbocycles. The lowest BCUT2D eigenvalue weighted by Gasteiger charge is -2.15. The molecular weight excluding hydrogens is 352 g/mol. The molecular formula is C19H24N2O4S. The third kappa shape index (κ3) is 4.98. The van der Waals surface area contributed by atoms with Crippen molar-refractivity contribution in [2.75, 3.05) is 23.7 Å². The maximum atomic E-state index is 12.9. The molecule has 0 radical (unpaired) electrons. The first-order valence-corrected chi connectivity index (χ1v) is 9.91. The zero-order valence-corrected chi connectivity index (χ0v) is 16.0. The number of carbonyl (C=O) groups is 1. The predicted octanol–water partition coefficient (Wildman–Crippen LogP) is 3.79. The number of sulfonamides is 1. The number of hydrogen-bond acceptors (Lipinski definition) is 5. The number of carbonyl (C=O) groups excluding carboxylic acids is 1. The van der Waals surface area contributed by atoms with Gasteiger partial charge in [-0.05, 0) is 43.7 Å². The number of hydrogen-bond donors (Lipinski definition) is 2. The fourth-order valence-electron chi connectivity index (χ4n) is 2.37. The Hall–Kier alpha value is -2.54. The standard InChI is InChI=1S/C19H24N2O4S/c1-4-5-12-20-17-11-8-15(19(22)25-3)13-18(17)26(23,24)21-16-9-6-14(2)7-10-16/h6-11,13,20-21H,4-5,12H2,1-3H3. The lowest BCUT2D eigenvalue weighted by molar-refractivity contribution is 0.0600. The van der Waals surface area contributed by atoms with E-state index in [4.69, 9.17) is 4.74 Å². The maximum absolute atomic E-state index is 12.9. The molecule has 0 bridgehead atoms. The Labute approximate surface area is 154 Å². The zero-order chi connectivity index (χ0) is 19.2. The molecule has 2 rings (SSSR count). The smallest absolute Gasteiger partial charge is 0.337 e. The highest BCUT2D eigenvalue weighted by Crippen LogP contribution is 2.26. The fraction of sp³-hybridized carbons (Fsp3) is 0.316. The van der Waals surface area contributed by atoms with E-state index in [1.54, 1.807) is 24.3 Å². The quantitative estimate of drug-likeness (QED) is 0.541. The maximum Gasteiger partial charge on any atom is 0.337 e. The number of esters is 1. The molecule has 0 saturated heterocycles. The third-order valence-corrected chi connectivity index (χ3v) is 5.26. The van der Waals surface area contributed by atoms with E-state index in [9.17, 15) is 13.2 Å². The minimum Gasteiger partial charge on any atom is -0.465 e. The van der Waals surface area contributed by atoms with Gasteiger partial charge >= 0.3 is 5.97 Å². The van der Waals surface area contributed by atoms with Crippen LogP contribution < -0.4 is 10.0 Å². The minimum absolute atomic E-state index is 0.0112. The molecule has 6 nitrogen and oxygen atoms in total. The minimum atomic E-state index is -3.88. The zero-order valence-electron chi connectivity index (χ0n) is 15.2. The first kappa shape index (κ1) is 19.8. The Balaban J connectivity index is 2.40. The van der Waals surface area contributed by atoms with Crippen molar-refractivity contribution < 1.29 is 17.9 Å². The summed E-state index contributed by atoms with van der Waals surface area (Å²) in [6.45, 7) is 4.62. The van der Waals surface area contributed by atoms with Crippen molar-refractivity contribution in [3.8, 4) is 0 Å². The first-order chi connectivity index (χ1) is 12.4. The summed E-state index contributed by atoms with van der Waals surface area (Å²) in [6.07, 6.45) is 1.89. The summed E-state index contributed by atoms with van der Waals surface area (Å²) in [6, 6.07) is 11.5. The summed E-state index contributed by atoms with van der Waals surface area (Å²) < 4.78 is 33.1. The van der Waals surface area contributed by atoms with Gasteiger partial charge in [0.1, 0.15) is 4.90 Å². The van der Waals surface area contributed by atoms with E-state index in [1.165, 1.54) is 13.2 Å². The Bertz CT molecular complexity index is 862. The molecule has 0 fully saturated rings. The molecule has 2 N–H and O–H groups in total. The van der Waals surface area contributed by atoms with Crippen molar-refractivity contribution in [2.24, 2.45) is 0 Å². The van der Waals surface area contributed by atoms with Crippen LogP contribution in [0.15, 0.2) is 47.4 Å². The largest absolute Gasteiger partial charge is 0.465 e. The molecule has 140 valence electrons. The van der Waals surface area contributed by atoms with Gasteiger partial charge < -0.3 is 10.1 Å².